The summed E-state index contributed by atoms with van der Waals surface area (Å²) in [4.78, 5) is 11.6. The first-order chi connectivity index (χ1) is 7.63. The van der Waals surface area contributed by atoms with Crippen LogP contribution in [0.1, 0.15) is 17.3 Å². The highest BCUT2D eigenvalue weighted by Gasteiger charge is 2.07. The molecule has 0 aliphatic rings. The van der Waals surface area contributed by atoms with Crippen LogP contribution in [0.25, 0.3) is 0 Å². The average Bonchev–Trinajstić information content (AvgIpc) is 2.27. The van der Waals surface area contributed by atoms with E-state index < -0.39 is 0 Å². The molecule has 0 saturated carbocycles. The minimum Gasteiger partial charge on any atom is -0.384 e. The van der Waals surface area contributed by atoms with Gasteiger partial charge in [-0.2, -0.15) is 0 Å². The molecule has 0 aromatic heterocycles. The predicted octanol–water partition coefficient (Wildman–Crippen LogP) is 1.84. The Morgan fingerprint density at radius 1 is 1.44 bits per heavy atom. The molecule has 1 aromatic carbocycles. The van der Waals surface area contributed by atoms with E-state index in [0.717, 1.165) is 0 Å². The van der Waals surface area contributed by atoms with Crippen molar-refractivity contribution >= 4 is 5.91 Å². The SMILES string of the molecule is COCC(C)CNC(=O)c1ccc(F)cc1. The fourth-order valence-corrected chi connectivity index (χ4v) is 1.31. The van der Waals surface area contributed by atoms with Crippen LogP contribution in [0.2, 0.25) is 0 Å². The summed E-state index contributed by atoms with van der Waals surface area (Å²) in [6.45, 7) is 3.13. The summed E-state index contributed by atoms with van der Waals surface area (Å²) < 4.78 is 17.6. The van der Waals surface area contributed by atoms with E-state index in [1.54, 1.807) is 7.11 Å². The van der Waals surface area contributed by atoms with E-state index in [-0.39, 0.29) is 17.6 Å². The number of halogens is 1. The normalized spacial score (nSPS) is 12.2. The summed E-state index contributed by atoms with van der Waals surface area (Å²) in [5.41, 5.74) is 0.464. The molecule has 88 valence electrons. The second kappa shape index (κ2) is 6.23. The van der Waals surface area contributed by atoms with Gasteiger partial charge in [0.15, 0.2) is 0 Å². The van der Waals surface area contributed by atoms with Crippen LogP contribution in [0.4, 0.5) is 4.39 Å². The molecule has 0 fully saturated rings. The van der Waals surface area contributed by atoms with Crippen LogP contribution in [0.3, 0.4) is 0 Å². The Labute approximate surface area is 94.6 Å². The Morgan fingerprint density at radius 2 is 2.06 bits per heavy atom. The summed E-state index contributed by atoms with van der Waals surface area (Å²) in [5.74, 6) is -0.276. The van der Waals surface area contributed by atoms with Gasteiger partial charge in [0.05, 0.1) is 6.61 Å². The monoisotopic (exact) mass is 225 g/mol. The zero-order valence-electron chi connectivity index (χ0n) is 9.50. The van der Waals surface area contributed by atoms with Gasteiger partial charge in [-0.05, 0) is 30.2 Å². The lowest BCUT2D eigenvalue weighted by atomic mass is 10.1. The number of amides is 1. The number of ether oxygens (including phenoxy) is 1. The molecular formula is C12H16FNO2. The summed E-state index contributed by atoms with van der Waals surface area (Å²) in [6, 6.07) is 5.47. The third-order valence-electron chi connectivity index (χ3n) is 2.17. The van der Waals surface area contributed by atoms with E-state index in [0.29, 0.717) is 18.7 Å². The quantitative estimate of drug-likeness (QED) is 0.830. The van der Waals surface area contributed by atoms with Gasteiger partial charge in [-0.3, -0.25) is 4.79 Å². The Bertz CT molecular complexity index is 337. The maximum atomic E-state index is 12.6. The zero-order valence-corrected chi connectivity index (χ0v) is 9.50. The Kier molecular flexibility index (Phi) is 4.92. The van der Waals surface area contributed by atoms with Crippen LogP contribution in [0.5, 0.6) is 0 Å². The lowest BCUT2D eigenvalue weighted by molar-refractivity contribution is 0.0934. The summed E-state index contributed by atoms with van der Waals surface area (Å²) >= 11 is 0. The molecule has 0 heterocycles. The maximum Gasteiger partial charge on any atom is 0.251 e. The number of benzene rings is 1. The van der Waals surface area contributed by atoms with Crippen molar-refractivity contribution in [2.75, 3.05) is 20.3 Å². The highest BCUT2D eigenvalue weighted by Crippen LogP contribution is 2.02. The standard InChI is InChI=1S/C12H16FNO2/c1-9(8-16-2)7-14-12(15)10-3-5-11(13)6-4-10/h3-6,9H,7-8H2,1-2H3,(H,14,15). The van der Waals surface area contributed by atoms with Gasteiger partial charge in [0.1, 0.15) is 5.82 Å². The Morgan fingerprint density at radius 3 is 2.62 bits per heavy atom. The summed E-state index contributed by atoms with van der Waals surface area (Å²) in [7, 11) is 1.62. The number of carbonyl (C=O) groups is 1. The van der Waals surface area contributed by atoms with Crippen LogP contribution in [0, 0.1) is 11.7 Å². The molecule has 1 unspecified atom stereocenters. The van der Waals surface area contributed by atoms with Crippen molar-refractivity contribution in [1.82, 2.24) is 5.32 Å². The van der Waals surface area contributed by atoms with Crippen molar-refractivity contribution in [3.63, 3.8) is 0 Å². The van der Waals surface area contributed by atoms with Gasteiger partial charge in [-0.1, -0.05) is 6.92 Å². The highest BCUT2D eigenvalue weighted by atomic mass is 19.1. The fourth-order valence-electron chi connectivity index (χ4n) is 1.31. The third kappa shape index (κ3) is 3.98. The van der Waals surface area contributed by atoms with E-state index >= 15 is 0 Å². The second-order valence-electron chi connectivity index (χ2n) is 3.78. The van der Waals surface area contributed by atoms with Crippen molar-refractivity contribution in [2.24, 2.45) is 5.92 Å². The van der Waals surface area contributed by atoms with Crippen LogP contribution >= 0.6 is 0 Å². The molecule has 1 rings (SSSR count). The van der Waals surface area contributed by atoms with Gasteiger partial charge >= 0.3 is 0 Å². The van der Waals surface area contributed by atoms with E-state index in [1.807, 2.05) is 6.92 Å². The third-order valence-corrected chi connectivity index (χ3v) is 2.17. The largest absolute Gasteiger partial charge is 0.384 e. The van der Waals surface area contributed by atoms with E-state index in [1.165, 1.54) is 24.3 Å². The topological polar surface area (TPSA) is 38.3 Å². The molecular weight excluding hydrogens is 209 g/mol. The van der Waals surface area contributed by atoms with E-state index in [2.05, 4.69) is 5.32 Å². The molecule has 0 spiro atoms. The number of nitrogens with one attached hydrogen (secondary N) is 1. The zero-order chi connectivity index (χ0) is 12.0. The van der Waals surface area contributed by atoms with Gasteiger partial charge in [-0.15, -0.1) is 0 Å². The fraction of sp³-hybridized carbons (Fsp3) is 0.417. The van der Waals surface area contributed by atoms with Crippen molar-refractivity contribution in [3.05, 3.63) is 35.6 Å². The molecule has 1 aromatic rings. The molecule has 1 amide bonds. The first-order valence-electron chi connectivity index (χ1n) is 5.16. The second-order valence-corrected chi connectivity index (χ2v) is 3.78. The lowest BCUT2D eigenvalue weighted by Crippen LogP contribution is -2.29. The van der Waals surface area contributed by atoms with Crippen molar-refractivity contribution in [2.45, 2.75) is 6.92 Å². The molecule has 4 heteroatoms. The van der Waals surface area contributed by atoms with E-state index in [9.17, 15) is 9.18 Å². The minimum absolute atomic E-state index is 0.192. The van der Waals surface area contributed by atoms with Crippen molar-refractivity contribution in [1.29, 1.82) is 0 Å². The van der Waals surface area contributed by atoms with Gasteiger partial charge < -0.3 is 10.1 Å². The molecule has 0 radical (unpaired) electrons. The van der Waals surface area contributed by atoms with E-state index in [4.69, 9.17) is 4.74 Å². The smallest absolute Gasteiger partial charge is 0.251 e. The van der Waals surface area contributed by atoms with Crippen LogP contribution in [-0.4, -0.2) is 26.2 Å². The molecule has 0 saturated heterocycles. The lowest BCUT2D eigenvalue weighted by Gasteiger charge is -2.11. The average molecular weight is 225 g/mol. The first-order valence-corrected chi connectivity index (χ1v) is 5.16. The first kappa shape index (κ1) is 12.6. The molecule has 0 aliphatic heterocycles. The van der Waals surface area contributed by atoms with Crippen LogP contribution < -0.4 is 5.32 Å². The molecule has 16 heavy (non-hydrogen) atoms. The highest BCUT2D eigenvalue weighted by molar-refractivity contribution is 5.94. The number of rotatable bonds is 5. The maximum absolute atomic E-state index is 12.6. The molecule has 1 N–H and O–H groups in total. The van der Waals surface area contributed by atoms with Crippen LogP contribution in [-0.2, 0) is 4.74 Å². The van der Waals surface area contributed by atoms with Gasteiger partial charge in [0.25, 0.3) is 5.91 Å². The Hall–Kier alpha value is -1.42. The number of hydrogen-bond donors (Lipinski definition) is 1. The molecule has 3 nitrogen and oxygen atoms in total. The predicted molar refractivity (Wildman–Crippen MR) is 59.8 cm³/mol. The van der Waals surface area contributed by atoms with Gasteiger partial charge in [0.2, 0.25) is 0 Å². The molecule has 0 bridgehead atoms. The van der Waals surface area contributed by atoms with Gasteiger partial charge in [0, 0.05) is 19.2 Å². The molecule has 1 atom stereocenters. The Balaban J connectivity index is 2.43. The minimum atomic E-state index is -0.343. The number of methoxy groups -OCH3 is 1. The van der Waals surface area contributed by atoms with Crippen molar-refractivity contribution in [3.8, 4) is 0 Å². The number of hydrogen-bond acceptors (Lipinski definition) is 2. The molecule has 0 aliphatic carbocycles. The van der Waals surface area contributed by atoms with Gasteiger partial charge in [-0.25, -0.2) is 4.39 Å². The van der Waals surface area contributed by atoms with Crippen molar-refractivity contribution < 1.29 is 13.9 Å². The van der Waals surface area contributed by atoms with Crippen LogP contribution in [0.15, 0.2) is 24.3 Å². The summed E-state index contributed by atoms with van der Waals surface area (Å²) in [5, 5.41) is 2.76. The summed E-state index contributed by atoms with van der Waals surface area (Å²) in [6.07, 6.45) is 0. The number of carbonyl (C=O) groups excluding carboxylic acids is 1.